The number of piperidine rings is 1. The van der Waals surface area contributed by atoms with Gasteiger partial charge in [-0.2, -0.15) is 0 Å². The molecule has 1 atom stereocenters. The predicted molar refractivity (Wildman–Crippen MR) is 151 cm³/mol. The zero-order valence-corrected chi connectivity index (χ0v) is 24.1. The molecular weight excluding hydrogens is 438 g/mol. The second kappa shape index (κ2) is 15.3. The van der Waals surface area contributed by atoms with Crippen LogP contribution in [0.5, 0.6) is 0 Å². The Morgan fingerprint density at radius 2 is 1.85 bits per heavy atom. The Bertz CT molecular complexity index is 841. The third-order valence-corrected chi connectivity index (χ3v) is 7.69. The van der Waals surface area contributed by atoms with E-state index >= 15 is 0 Å². The Balaban J connectivity index is 0.000000374. The first-order chi connectivity index (χ1) is 16.2. The van der Waals surface area contributed by atoms with E-state index in [4.69, 9.17) is 0 Å². The van der Waals surface area contributed by atoms with Crippen molar-refractivity contribution >= 4 is 17.1 Å². The lowest BCUT2D eigenvalue weighted by molar-refractivity contribution is 0.0981. The van der Waals surface area contributed by atoms with Crippen LogP contribution in [0.4, 0.5) is 0 Å². The summed E-state index contributed by atoms with van der Waals surface area (Å²) in [5.41, 5.74) is 5.84. The number of likely N-dealkylation sites (tertiary alicyclic amines) is 1. The minimum absolute atomic E-state index is 0.290. The van der Waals surface area contributed by atoms with E-state index in [1.807, 2.05) is 19.2 Å². The molecule has 0 bridgehead atoms. The highest BCUT2D eigenvalue weighted by Gasteiger charge is 2.25. The van der Waals surface area contributed by atoms with Gasteiger partial charge in [0.1, 0.15) is 0 Å². The molecule has 0 spiro atoms. The van der Waals surface area contributed by atoms with Crippen molar-refractivity contribution in [1.82, 2.24) is 15.1 Å². The zero-order valence-electron chi connectivity index (χ0n) is 23.3. The van der Waals surface area contributed by atoms with Crippen LogP contribution in [0.25, 0.3) is 0 Å². The van der Waals surface area contributed by atoms with Crippen molar-refractivity contribution < 1.29 is 4.79 Å². The van der Waals surface area contributed by atoms with E-state index in [0.29, 0.717) is 18.2 Å². The molecule has 4 nitrogen and oxygen atoms in total. The number of nitrogens with zero attached hydrogens (tertiary/aromatic N) is 2. The van der Waals surface area contributed by atoms with E-state index in [9.17, 15) is 4.79 Å². The molecule has 0 saturated carbocycles. The molecule has 1 aromatic rings. The van der Waals surface area contributed by atoms with Crippen molar-refractivity contribution in [2.24, 2.45) is 0 Å². The lowest BCUT2D eigenvalue weighted by Gasteiger charge is -2.38. The smallest absolute Gasteiger partial charge is 0.163 e. The van der Waals surface area contributed by atoms with Gasteiger partial charge < -0.3 is 10.2 Å². The summed E-state index contributed by atoms with van der Waals surface area (Å²) in [6.07, 6.45) is 7.29. The number of allylic oxidation sites excluding steroid dienone is 4. The highest BCUT2D eigenvalue weighted by Crippen LogP contribution is 2.30. The summed E-state index contributed by atoms with van der Waals surface area (Å²) in [4.78, 5) is 18.2. The lowest BCUT2D eigenvalue weighted by Crippen LogP contribution is -2.42. The number of thiophene rings is 1. The van der Waals surface area contributed by atoms with Crippen LogP contribution in [0.15, 0.2) is 46.6 Å². The predicted octanol–water partition coefficient (Wildman–Crippen LogP) is 7.58. The molecule has 5 heteroatoms. The van der Waals surface area contributed by atoms with Crippen LogP contribution in [0.1, 0.15) is 102 Å². The van der Waals surface area contributed by atoms with Crippen LogP contribution in [-0.2, 0) is 0 Å². The molecule has 0 aromatic carbocycles. The quantitative estimate of drug-likeness (QED) is 0.402. The average Bonchev–Trinajstić information content (AvgIpc) is 3.31. The van der Waals surface area contributed by atoms with E-state index < -0.39 is 0 Å². The van der Waals surface area contributed by atoms with Crippen LogP contribution in [0.2, 0.25) is 0 Å². The normalized spacial score (nSPS) is 17.8. The SMILES string of the molecule is C=C1NC(C)=CC(C)=C1CC.CC.CCCC(=O)c1csc(C(C)N2CCC(N(C)C)CC2)c1. The second-order valence-electron chi connectivity index (χ2n) is 9.26. The maximum atomic E-state index is 12.0. The van der Waals surface area contributed by atoms with E-state index in [1.165, 1.54) is 34.6 Å². The van der Waals surface area contributed by atoms with Crippen molar-refractivity contribution in [1.29, 1.82) is 0 Å². The van der Waals surface area contributed by atoms with E-state index in [-0.39, 0.29) is 0 Å². The van der Waals surface area contributed by atoms with Gasteiger partial charge in [-0.1, -0.05) is 34.3 Å². The monoisotopic (exact) mass is 487 g/mol. The van der Waals surface area contributed by atoms with Gasteiger partial charge in [0.15, 0.2) is 5.78 Å². The Morgan fingerprint density at radius 1 is 1.24 bits per heavy atom. The number of Topliss-reactive ketones (excluding diaryl/α,β-unsaturated/α-hetero) is 1. The van der Waals surface area contributed by atoms with Crippen molar-refractivity contribution in [3.8, 4) is 0 Å². The molecule has 1 aromatic heterocycles. The van der Waals surface area contributed by atoms with Crippen molar-refractivity contribution in [2.45, 2.75) is 92.7 Å². The lowest BCUT2D eigenvalue weighted by atomic mass is 10.0. The van der Waals surface area contributed by atoms with Gasteiger partial charge in [0.2, 0.25) is 0 Å². The molecule has 192 valence electrons. The second-order valence-corrected chi connectivity index (χ2v) is 10.2. The van der Waals surface area contributed by atoms with Gasteiger partial charge in [-0.25, -0.2) is 0 Å². The van der Waals surface area contributed by atoms with Crippen LogP contribution in [0.3, 0.4) is 0 Å². The summed E-state index contributed by atoms with van der Waals surface area (Å²) in [6.45, 7) is 20.9. The van der Waals surface area contributed by atoms with Gasteiger partial charge in [-0.15, -0.1) is 11.3 Å². The number of hydrogen-bond donors (Lipinski definition) is 1. The van der Waals surface area contributed by atoms with Crippen LogP contribution < -0.4 is 5.32 Å². The molecule has 1 unspecified atom stereocenters. The fraction of sp³-hybridized carbons (Fsp3) is 0.621. The minimum Gasteiger partial charge on any atom is -0.359 e. The van der Waals surface area contributed by atoms with Crippen molar-refractivity contribution in [3.63, 3.8) is 0 Å². The Kier molecular flexibility index (Phi) is 13.7. The van der Waals surface area contributed by atoms with Crippen LogP contribution >= 0.6 is 11.3 Å². The fourth-order valence-electron chi connectivity index (χ4n) is 4.55. The van der Waals surface area contributed by atoms with E-state index in [0.717, 1.165) is 43.2 Å². The van der Waals surface area contributed by atoms with E-state index in [2.05, 4.69) is 82.6 Å². The molecule has 0 radical (unpaired) electrons. The summed E-state index contributed by atoms with van der Waals surface area (Å²) in [5, 5.41) is 5.26. The third-order valence-electron chi connectivity index (χ3n) is 6.58. The Morgan fingerprint density at radius 3 is 2.35 bits per heavy atom. The molecule has 2 aliphatic rings. The van der Waals surface area contributed by atoms with Gasteiger partial charge in [0.05, 0.1) is 0 Å². The topological polar surface area (TPSA) is 35.6 Å². The number of ketones is 1. The number of dihydropyridines is 1. The van der Waals surface area contributed by atoms with Crippen LogP contribution in [0, 0.1) is 0 Å². The minimum atomic E-state index is 0.290. The molecule has 34 heavy (non-hydrogen) atoms. The number of hydrogen-bond acceptors (Lipinski definition) is 5. The standard InChI is InChI=1S/C17H28N2OS.C10H15N.C2H6/c1-5-6-16(20)14-11-17(21-12-14)13(2)19-9-7-15(8-10-19)18(3)4;1-5-10-7(2)6-8(3)11-9(10)4;1-2/h11-13,15H,5-10H2,1-4H3;6,11H,4-5H2,1-3H3;1-2H3. The molecule has 1 saturated heterocycles. The molecule has 2 aliphatic heterocycles. The Labute approximate surface area is 213 Å². The molecular formula is C29H49N3OS. The van der Waals surface area contributed by atoms with Gasteiger partial charge >= 0.3 is 0 Å². The molecule has 0 aliphatic carbocycles. The number of carbonyl (C=O) groups is 1. The Hall–Kier alpha value is -1.69. The highest BCUT2D eigenvalue weighted by molar-refractivity contribution is 7.10. The maximum Gasteiger partial charge on any atom is 0.163 e. The third kappa shape index (κ3) is 8.83. The first-order valence-corrected chi connectivity index (χ1v) is 13.9. The highest BCUT2D eigenvalue weighted by atomic mass is 32.1. The molecule has 1 fully saturated rings. The number of carbonyl (C=O) groups excluding carboxylic acids is 1. The van der Waals surface area contributed by atoms with Crippen molar-refractivity contribution in [2.75, 3.05) is 27.2 Å². The summed E-state index contributed by atoms with van der Waals surface area (Å²) in [7, 11) is 4.35. The fourth-order valence-corrected chi connectivity index (χ4v) is 5.55. The van der Waals surface area contributed by atoms with Crippen molar-refractivity contribution in [3.05, 3.63) is 57.1 Å². The van der Waals surface area contributed by atoms with Gasteiger partial charge in [-0.05, 0) is 83.8 Å². The van der Waals surface area contributed by atoms with Gasteiger partial charge in [0, 0.05) is 58.8 Å². The first kappa shape index (κ1) is 30.3. The number of rotatable bonds is 7. The molecule has 1 N–H and O–H groups in total. The van der Waals surface area contributed by atoms with E-state index in [1.54, 1.807) is 11.3 Å². The summed E-state index contributed by atoms with van der Waals surface area (Å²) >= 11 is 1.74. The molecule has 3 rings (SSSR count). The average molecular weight is 488 g/mol. The van der Waals surface area contributed by atoms with Gasteiger partial charge in [-0.3, -0.25) is 9.69 Å². The summed E-state index contributed by atoms with van der Waals surface area (Å²) in [5.74, 6) is 0.290. The molecule has 3 heterocycles. The zero-order chi connectivity index (χ0) is 25.8. The van der Waals surface area contributed by atoms with Gasteiger partial charge in [0.25, 0.3) is 0 Å². The molecule has 0 amide bonds. The summed E-state index contributed by atoms with van der Waals surface area (Å²) < 4.78 is 0. The largest absolute Gasteiger partial charge is 0.359 e. The van der Waals surface area contributed by atoms with Crippen LogP contribution in [-0.4, -0.2) is 48.8 Å². The first-order valence-electron chi connectivity index (χ1n) is 13.0. The summed E-state index contributed by atoms with van der Waals surface area (Å²) in [6, 6.07) is 3.27. The maximum absolute atomic E-state index is 12.0. The number of nitrogens with one attached hydrogen (secondary N) is 1.